The van der Waals surface area contributed by atoms with Crippen molar-refractivity contribution in [3.05, 3.63) is 72.1 Å². The molecule has 124 valence electrons. The van der Waals surface area contributed by atoms with Crippen molar-refractivity contribution in [2.24, 2.45) is 0 Å². The number of anilines is 1. The number of carbonyl (C=O) groups is 2. The minimum absolute atomic E-state index is 0.0890. The molecular formula is C18H14N4O3. The molecule has 4 rings (SSSR count). The van der Waals surface area contributed by atoms with Gasteiger partial charge in [-0.25, -0.2) is 4.68 Å². The van der Waals surface area contributed by atoms with Gasteiger partial charge in [-0.15, -0.1) is 5.10 Å². The predicted octanol–water partition coefficient (Wildman–Crippen LogP) is 2.10. The molecule has 0 aliphatic carbocycles. The quantitative estimate of drug-likeness (QED) is 0.792. The third-order valence-corrected chi connectivity index (χ3v) is 4.24. The van der Waals surface area contributed by atoms with Crippen molar-refractivity contribution in [3.8, 4) is 5.69 Å². The highest BCUT2D eigenvalue weighted by atomic mass is 16.4. The number of benzene rings is 2. The second-order valence-corrected chi connectivity index (χ2v) is 5.75. The average Bonchev–Trinajstić information content (AvgIpc) is 3.27. The molecule has 0 fully saturated rings. The van der Waals surface area contributed by atoms with Crippen LogP contribution in [0.5, 0.6) is 0 Å². The van der Waals surface area contributed by atoms with Crippen LogP contribution in [0.2, 0.25) is 0 Å². The summed E-state index contributed by atoms with van der Waals surface area (Å²) in [6, 6.07) is 16.4. The van der Waals surface area contributed by atoms with Crippen LogP contribution in [0.25, 0.3) is 5.69 Å². The van der Waals surface area contributed by atoms with E-state index in [0.717, 1.165) is 5.69 Å². The molecule has 0 radical (unpaired) electrons. The topological polar surface area (TPSA) is 88.3 Å². The second kappa shape index (κ2) is 5.86. The Hall–Kier alpha value is -3.48. The van der Waals surface area contributed by atoms with Gasteiger partial charge in [-0.3, -0.25) is 9.59 Å². The SMILES string of the molecule is O=C(O)[C@H]1CN(C(=O)c2cn(-c3ccccc3)nn2)c2ccccc21. The van der Waals surface area contributed by atoms with Gasteiger partial charge in [0, 0.05) is 12.2 Å². The van der Waals surface area contributed by atoms with Gasteiger partial charge in [-0.05, 0) is 23.8 Å². The number of nitrogens with zero attached hydrogens (tertiary/aromatic N) is 4. The van der Waals surface area contributed by atoms with Crippen molar-refractivity contribution < 1.29 is 14.7 Å². The molecule has 7 heteroatoms. The van der Waals surface area contributed by atoms with E-state index in [2.05, 4.69) is 10.3 Å². The van der Waals surface area contributed by atoms with Crippen LogP contribution < -0.4 is 4.90 Å². The van der Waals surface area contributed by atoms with Crippen molar-refractivity contribution in [1.29, 1.82) is 0 Å². The van der Waals surface area contributed by atoms with Crippen LogP contribution in [-0.2, 0) is 4.79 Å². The molecule has 2 aromatic carbocycles. The lowest BCUT2D eigenvalue weighted by atomic mass is 10.0. The van der Waals surface area contributed by atoms with Crippen LogP contribution in [0.1, 0.15) is 22.0 Å². The maximum atomic E-state index is 12.8. The fourth-order valence-corrected chi connectivity index (χ4v) is 3.02. The monoisotopic (exact) mass is 334 g/mol. The number of amides is 1. The van der Waals surface area contributed by atoms with Crippen molar-refractivity contribution in [1.82, 2.24) is 15.0 Å². The largest absolute Gasteiger partial charge is 0.481 e. The molecular weight excluding hydrogens is 320 g/mol. The Labute approximate surface area is 143 Å². The van der Waals surface area contributed by atoms with Crippen LogP contribution in [-0.4, -0.2) is 38.5 Å². The third kappa shape index (κ3) is 2.55. The first kappa shape index (κ1) is 15.1. The zero-order valence-corrected chi connectivity index (χ0v) is 13.1. The Kier molecular flexibility index (Phi) is 3.53. The van der Waals surface area contributed by atoms with E-state index in [1.807, 2.05) is 30.3 Å². The second-order valence-electron chi connectivity index (χ2n) is 5.75. The molecule has 1 amide bonds. The Bertz CT molecular complexity index is 952. The first-order chi connectivity index (χ1) is 12.1. The number of hydrogen-bond donors (Lipinski definition) is 1. The smallest absolute Gasteiger partial charge is 0.312 e. The van der Waals surface area contributed by atoms with Crippen LogP contribution in [0.3, 0.4) is 0 Å². The van der Waals surface area contributed by atoms with Crippen LogP contribution in [0.15, 0.2) is 60.8 Å². The highest BCUT2D eigenvalue weighted by Crippen LogP contribution is 2.36. The highest BCUT2D eigenvalue weighted by molar-refractivity contribution is 6.07. The van der Waals surface area contributed by atoms with E-state index in [4.69, 9.17) is 0 Å². The van der Waals surface area contributed by atoms with Crippen molar-refractivity contribution in [2.75, 3.05) is 11.4 Å². The summed E-state index contributed by atoms with van der Waals surface area (Å²) in [6.07, 6.45) is 1.55. The van der Waals surface area contributed by atoms with E-state index in [-0.39, 0.29) is 18.1 Å². The van der Waals surface area contributed by atoms with Gasteiger partial charge in [0.2, 0.25) is 0 Å². The Morgan fingerprint density at radius 3 is 2.52 bits per heavy atom. The maximum absolute atomic E-state index is 12.8. The van der Waals surface area contributed by atoms with Crippen LogP contribution in [0.4, 0.5) is 5.69 Å². The number of carboxylic acids is 1. The average molecular weight is 334 g/mol. The van der Waals surface area contributed by atoms with Gasteiger partial charge in [0.05, 0.1) is 11.9 Å². The minimum atomic E-state index is -0.948. The van der Waals surface area contributed by atoms with Crippen LogP contribution >= 0.6 is 0 Å². The fourth-order valence-electron chi connectivity index (χ4n) is 3.02. The molecule has 0 unspecified atom stereocenters. The first-order valence-electron chi connectivity index (χ1n) is 7.76. The lowest BCUT2D eigenvalue weighted by Crippen LogP contribution is -2.31. The molecule has 1 atom stereocenters. The molecule has 0 saturated carbocycles. The van der Waals surface area contributed by atoms with E-state index < -0.39 is 11.9 Å². The zero-order valence-electron chi connectivity index (χ0n) is 13.1. The number of rotatable bonds is 3. The highest BCUT2D eigenvalue weighted by Gasteiger charge is 2.37. The predicted molar refractivity (Wildman–Crippen MR) is 89.9 cm³/mol. The Balaban J connectivity index is 1.66. The summed E-state index contributed by atoms with van der Waals surface area (Å²) in [5.41, 5.74) is 2.21. The van der Waals surface area contributed by atoms with Gasteiger partial charge in [0.25, 0.3) is 5.91 Å². The summed E-state index contributed by atoms with van der Waals surface area (Å²) in [5, 5.41) is 17.4. The van der Waals surface area contributed by atoms with Crippen molar-refractivity contribution in [2.45, 2.75) is 5.92 Å². The van der Waals surface area contributed by atoms with Gasteiger partial charge in [-0.1, -0.05) is 41.6 Å². The number of aliphatic carboxylic acids is 1. The molecule has 1 N–H and O–H groups in total. The molecule has 2 heterocycles. The summed E-state index contributed by atoms with van der Waals surface area (Å²) in [6.45, 7) is 0.0890. The third-order valence-electron chi connectivity index (χ3n) is 4.24. The Morgan fingerprint density at radius 1 is 1.04 bits per heavy atom. The number of carboxylic acid groups (broad SMARTS) is 1. The van der Waals surface area contributed by atoms with Crippen LogP contribution in [0, 0.1) is 0 Å². The molecule has 1 aromatic heterocycles. The van der Waals surface area contributed by atoms with E-state index in [1.54, 1.807) is 30.5 Å². The Morgan fingerprint density at radius 2 is 1.76 bits per heavy atom. The van der Waals surface area contributed by atoms with Gasteiger partial charge < -0.3 is 10.0 Å². The van der Waals surface area contributed by atoms with Gasteiger partial charge in [0.1, 0.15) is 5.92 Å². The molecule has 7 nitrogen and oxygen atoms in total. The summed E-state index contributed by atoms with van der Waals surface area (Å²) in [4.78, 5) is 25.8. The number of fused-ring (bicyclic) bond motifs is 1. The fraction of sp³-hybridized carbons (Fsp3) is 0.111. The van der Waals surface area contributed by atoms with Crippen molar-refractivity contribution >= 4 is 17.6 Å². The lowest BCUT2D eigenvalue weighted by molar-refractivity contribution is -0.138. The molecule has 0 saturated heterocycles. The van der Waals surface area contributed by atoms with E-state index in [9.17, 15) is 14.7 Å². The van der Waals surface area contributed by atoms with Gasteiger partial charge >= 0.3 is 5.97 Å². The standard InChI is InChI=1S/C18H14N4O3/c23-17(15-11-22(20-19-15)12-6-2-1-3-7-12)21-10-14(18(24)25)13-8-4-5-9-16(13)21/h1-9,11,14H,10H2,(H,24,25)/t14-/m0/s1. The summed E-state index contributed by atoms with van der Waals surface area (Å²) >= 11 is 0. The summed E-state index contributed by atoms with van der Waals surface area (Å²) in [5.74, 6) is -2.04. The lowest BCUT2D eigenvalue weighted by Gasteiger charge is -2.15. The molecule has 25 heavy (non-hydrogen) atoms. The van der Waals surface area contributed by atoms with E-state index in [0.29, 0.717) is 11.3 Å². The number of hydrogen-bond acceptors (Lipinski definition) is 4. The number of aromatic nitrogens is 3. The molecule has 1 aliphatic heterocycles. The van der Waals surface area contributed by atoms with E-state index >= 15 is 0 Å². The van der Waals surface area contributed by atoms with Crippen molar-refractivity contribution in [3.63, 3.8) is 0 Å². The van der Waals surface area contributed by atoms with E-state index in [1.165, 1.54) is 9.58 Å². The zero-order chi connectivity index (χ0) is 17.4. The summed E-state index contributed by atoms with van der Waals surface area (Å²) in [7, 11) is 0. The first-order valence-corrected chi connectivity index (χ1v) is 7.76. The molecule has 1 aliphatic rings. The molecule has 3 aromatic rings. The summed E-state index contributed by atoms with van der Waals surface area (Å²) < 4.78 is 1.52. The normalized spacial score (nSPS) is 15.8. The number of para-hydroxylation sites is 2. The van der Waals surface area contributed by atoms with Gasteiger partial charge in [0.15, 0.2) is 5.69 Å². The molecule has 0 bridgehead atoms. The molecule has 0 spiro atoms. The van der Waals surface area contributed by atoms with Gasteiger partial charge in [-0.2, -0.15) is 0 Å². The number of carbonyl (C=O) groups excluding carboxylic acids is 1. The minimum Gasteiger partial charge on any atom is -0.481 e. The maximum Gasteiger partial charge on any atom is 0.312 e.